The number of anilines is 2. The van der Waals surface area contributed by atoms with Crippen LogP contribution in [-0.4, -0.2) is 30.8 Å². The van der Waals surface area contributed by atoms with Gasteiger partial charge in [-0.25, -0.2) is 0 Å². The van der Waals surface area contributed by atoms with Crippen LogP contribution in [0.2, 0.25) is 0 Å². The summed E-state index contributed by atoms with van der Waals surface area (Å²) < 4.78 is 39.4. The minimum absolute atomic E-state index is 0.113. The van der Waals surface area contributed by atoms with Crippen LogP contribution in [0.25, 0.3) is 11.4 Å². The molecule has 3 heterocycles. The molecule has 27 heavy (non-hydrogen) atoms. The summed E-state index contributed by atoms with van der Waals surface area (Å²) >= 11 is 0. The van der Waals surface area contributed by atoms with E-state index in [0.717, 1.165) is 12.3 Å². The van der Waals surface area contributed by atoms with Gasteiger partial charge in [-0.3, -0.25) is 14.6 Å². The fourth-order valence-electron chi connectivity index (χ4n) is 2.24. The fourth-order valence-corrected chi connectivity index (χ4v) is 2.24. The quantitative estimate of drug-likeness (QED) is 0.279. The third kappa shape index (κ3) is 3.97. The van der Waals surface area contributed by atoms with Gasteiger partial charge in [0, 0.05) is 19.3 Å². The number of nitrogens with zero attached hydrogens (tertiary/aromatic N) is 5. The summed E-state index contributed by atoms with van der Waals surface area (Å²) in [4.78, 5) is 7.88. The minimum atomic E-state index is -4.44. The van der Waals surface area contributed by atoms with Crippen molar-refractivity contribution in [2.24, 2.45) is 17.9 Å². The molecule has 0 saturated carbocycles. The summed E-state index contributed by atoms with van der Waals surface area (Å²) in [6.07, 6.45) is -2.19. The molecule has 3 aromatic rings. The molecule has 0 aliphatic carbocycles. The van der Waals surface area contributed by atoms with Crippen molar-refractivity contribution in [1.29, 1.82) is 0 Å². The Morgan fingerprint density at radius 3 is 2.48 bits per heavy atom. The highest BCUT2D eigenvalue weighted by molar-refractivity contribution is 5.95. The highest BCUT2D eigenvalue weighted by Gasteiger charge is 2.30. The lowest BCUT2D eigenvalue weighted by Crippen LogP contribution is -2.14. The van der Waals surface area contributed by atoms with Crippen molar-refractivity contribution in [3.05, 3.63) is 54.0 Å². The van der Waals surface area contributed by atoms with Gasteiger partial charge in [0.15, 0.2) is 5.84 Å². The van der Waals surface area contributed by atoms with Crippen molar-refractivity contribution in [1.82, 2.24) is 19.7 Å². The Kier molecular flexibility index (Phi) is 4.67. The molecule has 0 unspecified atom stereocenters. The van der Waals surface area contributed by atoms with E-state index in [-0.39, 0.29) is 5.84 Å². The number of nitrogens with one attached hydrogen (secondary N) is 1. The Morgan fingerprint density at radius 2 is 1.93 bits per heavy atom. The number of nitrogens with two attached hydrogens (primary N) is 1. The van der Waals surface area contributed by atoms with Crippen molar-refractivity contribution in [2.75, 3.05) is 5.32 Å². The molecule has 0 saturated heterocycles. The molecule has 3 aromatic heterocycles. The third-order valence-corrected chi connectivity index (χ3v) is 3.64. The monoisotopic (exact) mass is 377 g/mol. The standard InChI is InChI=1S/C16H14F3N7O/c1-26-14(23-10-3-5-12(22-8-10)15(20)25-27)6-13(24-26)11-4-2-9(7-21-11)16(17,18)19/h2-8,23,27H,1H3,(H2,20,25). The number of rotatable bonds is 4. The van der Waals surface area contributed by atoms with Crippen molar-refractivity contribution in [3.8, 4) is 11.4 Å². The zero-order chi connectivity index (χ0) is 19.6. The minimum Gasteiger partial charge on any atom is -0.409 e. The van der Waals surface area contributed by atoms with Gasteiger partial charge in [-0.1, -0.05) is 5.16 Å². The smallest absolute Gasteiger partial charge is 0.409 e. The Balaban J connectivity index is 1.80. The van der Waals surface area contributed by atoms with Gasteiger partial charge in [-0.05, 0) is 24.3 Å². The summed E-state index contributed by atoms with van der Waals surface area (Å²) in [5, 5.41) is 18.8. The first kappa shape index (κ1) is 18.2. The van der Waals surface area contributed by atoms with E-state index in [1.165, 1.54) is 16.9 Å². The lowest BCUT2D eigenvalue weighted by Gasteiger charge is -2.06. The highest BCUT2D eigenvalue weighted by atomic mass is 19.4. The maximum absolute atomic E-state index is 12.6. The number of aryl methyl sites for hydroxylation is 1. The Labute approximate surface area is 151 Å². The number of oxime groups is 1. The molecule has 0 amide bonds. The molecule has 0 aliphatic rings. The molecule has 0 aliphatic heterocycles. The molecule has 11 heteroatoms. The summed E-state index contributed by atoms with van der Waals surface area (Å²) in [7, 11) is 1.67. The van der Waals surface area contributed by atoms with Crippen molar-refractivity contribution in [3.63, 3.8) is 0 Å². The van der Waals surface area contributed by atoms with E-state index in [2.05, 4.69) is 25.5 Å². The summed E-state index contributed by atoms with van der Waals surface area (Å²) in [5.74, 6) is 0.461. The Bertz CT molecular complexity index is 963. The van der Waals surface area contributed by atoms with Crippen LogP contribution >= 0.6 is 0 Å². The van der Waals surface area contributed by atoms with Crippen LogP contribution in [-0.2, 0) is 13.2 Å². The molecular weight excluding hydrogens is 363 g/mol. The highest BCUT2D eigenvalue weighted by Crippen LogP contribution is 2.30. The molecule has 4 N–H and O–H groups in total. The Morgan fingerprint density at radius 1 is 1.15 bits per heavy atom. The number of hydrogen-bond donors (Lipinski definition) is 3. The molecule has 0 atom stereocenters. The number of aromatic nitrogens is 4. The van der Waals surface area contributed by atoms with E-state index < -0.39 is 11.7 Å². The van der Waals surface area contributed by atoms with Gasteiger partial charge in [0.05, 0.1) is 23.1 Å². The van der Waals surface area contributed by atoms with Gasteiger partial charge in [0.2, 0.25) is 0 Å². The average Bonchev–Trinajstić information content (AvgIpc) is 3.01. The molecular formula is C16H14F3N7O. The normalized spacial score (nSPS) is 12.2. The summed E-state index contributed by atoms with van der Waals surface area (Å²) in [6.45, 7) is 0. The molecule has 3 rings (SSSR count). The largest absolute Gasteiger partial charge is 0.417 e. The van der Waals surface area contributed by atoms with Crippen molar-refractivity contribution in [2.45, 2.75) is 6.18 Å². The molecule has 0 spiro atoms. The van der Waals surface area contributed by atoms with Gasteiger partial charge in [0.25, 0.3) is 0 Å². The number of halogens is 3. The molecule has 0 fully saturated rings. The van der Waals surface area contributed by atoms with Crippen molar-refractivity contribution >= 4 is 17.3 Å². The lowest BCUT2D eigenvalue weighted by molar-refractivity contribution is -0.137. The first-order valence-corrected chi connectivity index (χ1v) is 7.56. The van der Waals surface area contributed by atoms with Crippen LogP contribution in [0.4, 0.5) is 24.7 Å². The zero-order valence-electron chi connectivity index (χ0n) is 13.9. The molecule has 8 nitrogen and oxygen atoms in total. The van der Waals surface area contributed by atoms with E-state index in [1.807, 2.05) is 0 Å². The van der Waals surface area contributed by atoms with Crippen LogP contribution in [0.15, 0.2) is 47.9 Å². The second-order valence-corrected chi connectivity index (χ2v) is 5.51. The van der Waals surface area contributed by atoms with Crippen molar-refractivity contribution < 1.29 is 18.4 Å². The van der Waals surface area contributed by atoms with E-state index in [0.29, 0.717) is 28.6 Å². The SMILES string of the molecule is Cn1nc(-c2ccc(C(F)(F)F)cn2)cc1Nc1ccc(C(N)=NO)nc1. The first-order valence-electron chi connectivity index (χ1n) is 7.56. The molecule has 0 radical (unpaired) electrons. The van der Waals surface area contributed by atoms with Gasteiger partial charge in [-0.2, -0.15) is 18.3 Å². The third-order valence-electron chi connectivity index (χ3n) is 3.64. The number of alkyl halides is 3. The number of pyridine rings is 2. The number of hydrogen-bond acceptors (Lipinski definition) is 6. The van der Waals surface area contributed by atoms with E-state index in [1.54, 1.807) is 25.2 Å². The van der Waals surface area contributed by atoms with Gasteiger partial charge in [-0.15, -0.1) is 0 Å². The Hall–Kier alpha value is -3.63. The molecule has 140 valence electrons. The van der Waals surface area contributed by atoms with Gasteiger partial charge >= 0.3 is 6.18 Å². The second-order valence-electron chi connectivity index (χ2n) is 5.51. The number of amidine groups is 1. The zero-order valence-corrected chi connectivity index (χ0v) is 13.9. The second kappa shape index (κ2) is 6.94. The van der Waals surface area contributed by atoms with Gasteiger partial charge < -0.3 is 16.3 Å². The predicted octanol–water partition coefficient (Wildman–Crippen LogP) is 2.73. The average molecular weight is 377 g/mol. The van der Waals surface area contributed by atoms with Crippen LogP contribution in [0.3, 0.4) is 0 Å². The maximum Gasteiger partial charge on any atom is 0.417 e. The van der Waals surface area contributed by atoms with E-state index in [4.69, 9.17) is 10.9 Å². The van der Waals surface area contributed by atoms with Crippen LogP contribution < -0.4 is 11.1 Å². The van der Waals surface area contributed by atoms with Crippen LogP contribution in [0, 0.1) is 0 Å². The lowest BCUT2D eigenvalue weighted by atomic mass is 10.2. The fraction of sp³-hybridized carbons (Fsp3) is 0.125. The molecule has 0 aromatic carbocycles. The van der Waals surface area contributed by atoms with Crippen LogP contribution in [0.1, 0.15) is 11.3 Å². The first-order chi connectivity index (χ1) is 12.8. The van der Waals surface area contributed by atoms with Gasteiger partial charge in [0.1, 0.15) is 17.2 Å². The van der Waals surface area contributed by atoms with E-state index >= 15 is 0 Å². The summed E-state index contributed by atoms with van der Waals surface area (Å²) in [5.41, 5.74) is 6.27. The van der Waals surface area contributed by atoms with Crippen LogP contribution in [0.5, 0.6) is 0 Å². The maximum atomic E-state index is 12.6. The van der Waals surface area contributed by atoms with E-state index in [9.17, 15) is 13.2 Å². The molecule has 0 bridgehead atoms. The predicted molar refractivity (Wildman–Crippen MR) is 91.5 cm³/mol. The summed E-state index contributed by atoms with van der Waals surface area (Å²) in [6, 6.07) is 7.10. The topological polar surface area (TPSA) is 114 Å².